The number of hydrogen-bond acceptors (Lipinski definition) is 3. The van der Waals surface area contributed by atoms with Gasteiger partial charge in [0.25, 0.3) is 0 Å². The Hall–Kier alpha value is -3.13. The predicted molar refractivity (Wildman–Crippen MR) is 118 cm³/mol. The Bertz CT molecular complexity index is 940. The number of piperazine rings is 1. The summed E-state index contributed by atoms with van der Waals surface area (Å²) in [6.45, 7) is 8.83. The van der Waals surface area contributed by atoms with Gasteiger partial charge in [-0.3, -0.25) is 5.32 Å². The van der Waals surface area contributed by atoms with Crippen LogP contribution < -0.4 is 10.6 Å². The summed E-state index contributed by atoms with van der Waals surface area (Å²) in [5.74, 6) is 0.0338. The number of urea groups is 1. The third kappa shape index (κ3) is 5.27. The van der Waals surface area contributed by atoms with E-state index in [0.29, 0.717) is 32.7 Å². The van der Waals surface area contributed by atoms with Crippen LogP contribution in [0.25, 0.3) is 10.8 Å². The lowest BCUT2D eigenvalue weighted by atomic mass is 10.0. The molecule has 2 aromatic rings. The molecule has 1 aliphatic heterocycles. The fraction of sp³-hybridized carbons (Fsp3) is 0.409. The number of carboxylic acid groups (broad SMARTS) is 1. The molecular formula is C22H29N5O3. The maximum Gasteiger partial charge on any atom is 0.434 e. The molecule has 8 heteroatoms. The minimum Gasteiger partial charge on any atom is -0.463 e. The van der Waals surface area contributed by atoms with Gasteiger partial charge in [-0.15, -0.1) is 4.99 Å². The van der Waals surface area contributed by atoms with Crippen LogP contribution in [0.1, 0.15) is 26.3 Å². The first-order valence-electron chi connectivity index (χ1n) is 10.1. The monoisotopic (exact) mass is 411 g/mol. The van der Waals surface area contributed by atoms with E-state index in [1.165, 1.54) is 0 Å². The zero-order valence-electron chi connectivity index (χ0n) is 17.7. The van der Waals surface area contributed by atoms with Gasteiger partial charge in [0.05, 0.1) is 0 Å². The second-order valence-electron chi connectivity index (χ2n) is 8.28. The lowest BCUT2D eigenvalue weighted by molar-refractivity contribution is 0.186. The molecule has 3 N–H and O–H groups in total. The van der Waals surface area contributed by atoms with Gasteiger partial charge < -0.3 is 20.2 Å². The fourth-order valence-electron chi connectivity index (χ4n) is 3.52. The van der Waals surface area contributed by atoms with Crippen molar-refractivity contribution in [2.24, 2.45) is 4.99 Å². The van der Waals surface area contributed by atoms with E-state index in [-0.39, 0.29) is 12.0 Å². The smallest absolute Gasteiger partial charge is 0.434 e. The predicted octanol–water partition coefficient (Wildman–Crippen LogP) is 3.09. The Balaban J connectivity index is 1.93. The van der Waals surface area contributed by atoms with Gasteiger partial charge in [0.1, 0.15) is 0 Å². The van der Waals surface area contributed by atoms with Crippen molar-refractivity contribution >= 4 is 28.9 Å². The number of benzene rings is 2. The number of carbonyl (C=O) groups excluding carboxylic acids is 1. The van der Waals surface area contributed by atoms with Gasteiger partial charge in [-0.25, -0.2) is 9.59 Å². The number of rotatable bonds is 2. The van der Waals surface area contributed by atoms with E-state index in [9.17, 15) is 14.7 Å². The highest BCUT2D eigenvalue weighted by Crippen LogP contribution is 2.24. The van der Waals surface area contributed by atoms with E-state index in [2.05, 4.69) is 15.6 Å². The van der Waals surface area contributed by atoms with Crippen LogP contribution in [0.3, 0.4) is 0 Å². The summed E-state index contributed by atoms with van der Waals surface area (Å²) in [5.41, 5.74) is 0.541. The van der Waals surface area contributed by atoms with Crippen LogP contribution >= 0.6 is 0 Å². The number of amides is 3. The van der Waals surface area contributed by atoms with Crippen molar-refractivity contribution in [1.29, 1.82) is 0 Å². The Labute approximate surface area is 176 Å². The molecule has 8 nitrogen and oxygen atoms in total. The minimum absolute atomic E-state index is 0.0338. The SMILES string of the molecule is CC(C)(C)N(Cc1cccc2ccccc12)C(=NC(=O)O)NC(=O)N1CCNCC1. The van der Waals surface area contributed by atoms with Crippen molar-refractivity contribution in [1.82, 2.24) is 20.4 Å². The van der Waals surface area contributed by atoms with Crippen LogP contribution in [0.2, 0.25) is 0 Å². The number of fused-ring (bicyclic) bond motifs is 1. The first-order valence-corrected chi connectivity index (χ1v) is 10.1. The second-order valence-corrected chi connectivity index (χ2v) is 8.28. The van der Waals surface area contributed by atoms with Crippen molar-refractivity contribution in [3.63, 3.8) is 0 Å². The molecule has 0 bridgehead atoms. The van der Waals surface area contributed by atoms with Crippen LogP contribution in [0, 0.1) is 0 Å². The summed E-state index contributed by atoms with van der Waals surface area (Å²) in [5, 5.41) is 17.5. The molecule has 160 valence electrons. The molecule has 30 heavy (non-hydrogen) atoms. The summed E-state index contributed by atoms with van der Waals surface area (Å²) in [4.78, 5) is 31.5. The maximum atomic E-state index is 12.8. The quantitative estimate of drug-likeness (QED) is 0.521. The summed E-state index contributed by atoms with van der Waals surface area (Å²) < 4.78 is 0. The zero-order chi connectivity index (χ0) is 21.7. The molecule has 0 aromatic heterocycles. The summed E-state index contributed by atoms with van der Waals surface area (Å²) in [6.07, 6.45) is -1.35. The van der Waals surface area contributed by atoms with Crippen LogP contribution in [-0.2, 0) is 6.54 Å². The summed E-state index contributed by atoms with van der Waals surface area (Å²) >= 11 is 0. The van der Waals surface area contributed by atoms with Gasteiger partial charge >= 0.3 is 12.1 Å². The van der Waals surface area contributed by atoms with Gasteiger partial charge in [0.15, 0.2) is 0 Å². The molecule has 0 aliphatic carbocycles. The molecule has 0 spiro atoms. The lowest BCUT2D eigenvalue weighted by Crippen LogP contribution is -2.57. The highest BCUT2D eigenvalue weighted by Gasteiger charge is 2.29. The number of hydrogen-bond donors (Lipinski definition) is 3. The molecule has 0 saturated carbocycles. The van der Waals surface area contributed by atoms with Crippen molar-refractivity contribution < 1.29 is 14.7 Å². The molecule has 0 radical (unpaired) electrons. The lowest BCUT2D eigenvalue weighted by Gasteiger charge is -2.39. The van der Waals surface area contributed by atoms with Gasteiger partial charge in [0, 0.05) is 38.3 Å². The average molecular weight is 412 g/mol. The van der Waals surface area contributed by atoms with E-state index < -0.39 is 11.6 Å². The van der Waals surface area contributed by atoms with Crippen molar-refractivity contribution in [2.75, 3.05) is 26.2 Å². The molecule has 0 unspecified atom stereocenters. The Morgan fingerprint density at radius 1 is 1.13 bits per heavy atom. The first-order chi connectivity index (χ1) is 14.3. The highest BCUT2D eigenvalue weighted by molar-refractivity contribution is 6.00. The number of guanidine groups is 1. The van der Waals surface area contributed by atoms with Crippen LogP contribution in [0.15, 0.2) is 47.5 Å². The topological polar surface area (TPSA) is 97.3 Å². The molecule has 3 rings (SSSR count). The van der Waals surface area contributed by atoms with Crippen molar-refractivity contribution in [3.8, 4) is 0 Å². The van der Waals surface area contributed by atoms with Gasteiger partial charge in [-0.2, -0.15) is 0 Å². The third-order valence-electron chi connectivity index (χ3n) is 5.10. The normalized spacial score (nSPS) is 15.2. The fourth-order valence-corrected chi connectivity index (χ4v) is 3.52. The molecule has 0 atom stereocenters. The molecular weight excluding hydrogens is 382 g/mol. The van der Waals surface area contributed by atoms with E-state index in [1.54, 1.807) is 4.90 Å². The molecule has 2 aromatic carbocycles. The molecule has 3 amide bonds. The maximum absolute atomic E-state index is 12.8. The van der Waals surface area contributed by atoms with E-state index >= 15 is 0 Å². The highest BCUT2D eigenvalue weighted by atomic mass is 16.4. The van der Waals surface area contributed by atoms with Crippen LogP contribution in [-0.4, -0.2) is 64.7 Å². The van der Waals surface area contributed by atoms with Crippen molar-refractivity contribution in [2.45, 2.75) is 32.9 Å². The van der Waals surface area contributed by atoms with E-state index in [4.69, 9.17) is 0 Å². The van der Waals surface area contributed by atoms with E-state index in [0.717, 1.165) is 16.3 Å². The van der Waals surface area contributed by atoms with Crippen LogP contribution in [0.4, 0.5) is 9.59 Å². The summed E-state index contributed by atoms with van der Waals surface area (Å²) in [7, 11) is 0. The third-order valence-corrected chi connectivity index (χ3v) is 5.10. The minimum atomic E-state index is -1.35. The largest absolute Gasteiger partial charge is 0.463 e. The summed E-state index contributed by atoms with van der Waals surface area (Å²) in [6, 6.07) is 13.7. The van der Waals surface area contributed by atoms with Gasteiger partial charge in [-0.1, -0.05) is 42.5 Å². The standard InChI is InChI=1S/C22H29N5O3/c1-22(2,3)27(15-17-9-6-8-16-7-4-5-10-18(16)17)19(25-21(29)30)24-20(28)26-13-11-23-12-14-26/h4-10,23H,11-15H2,1-3H3,(H,29,30)(H,24,25,28). The first kappa shape index (κ1) is 21.6. The molecule has 1 fully saturated rings. The van der Waals surface area contributed by atoms with Gasteiger partial charge in [0.2, 0.25) is 5.96 Å². The zero-order valence-corrected chi connectivity index (χ0v) is 17.7. The van der Waals surface area contributed by atoms with Crippen molar-refractivity contribution in [3.05, 3.63) is 48.0 Å². The number of aliphatic imine (C=N–C) groups is 1. The Kier molecular flexibility index (Phi) is 6.56. The molecule has 1 heterocycles. The number of nitrogens with one attached hydrogen (secondary N) is 2. The van der Waals surface area contributed by atoms with Gasteiger partial charge in [-0.05, 0) is 37.1 Å². The Morgan fingerprint density at radius 2 is 1.80 bits per heavy atom. The average Bonchev–Trinajstić information content (AvgIpc) is 2.71. The number of carbonyl (C=O) groups is 2. The second kappa shape index (κ2) is 9.13. The van der Waals surface area contributed by atoms with E-state index in [1.807, 2.05) is 68.1 Å². The molecule has 1 saturated heterocycles. The Morgan fingerprint density at radius 3 is 2.47 bits per heavy atom. The number of nitrogens with zero attached hydrogens (tertiary/aromatic N) is 3. The van der Waals surface area contributed by atoms with Crippen LogP contribution in [0.5, 0.6) is 0 Å². The molecule has 1 aliphatic rings.